The number of carbonyl (C=O) groups is 2. The molecule has 0 aliphatic rings. The van der Waals surface area contributed by atoms with Gasteiger partial charge in [-0.3, -0.25) is 9.59 Å². The van der Waals surface area contributed by atoms with Gasteiger partial charge in [0, 0.05) is 5.92 Å². The van der Waals surface area contributed by atoms with Crippen LogP contribution >= 0.6 is 11.6 Å². The molecule has 1 aromatic carbocycles. The predicted molar refractivity (Wildman–Crippen MR) is 70.9 cm³/mol. The number of benzene rings is 1. The first-order valence-corrected chi connectivity index (χ1v) is 6.56. The van der Waals surface area contributed by atoms with E-state index in [1.54, 1.807) is 19.9 Å². The number of esters is 1. The molecule has 0 N–H and O–H groups in total. The van der Waals surface area contributed by atoms with E-state index in [1.807, 2.05) is 0 Å². The highest BCUT2D eigenvalue weighted by atomic mass is 35.5. The number of ether oxygens (including phenoxy) is 1. The third kappa shape index (κ3) is 4.03. The van der Waals surface area contributed by atoms with Crippen LogP contribution in [-0.4, -0.2) is 24.2 Å². The van der Waals surface area contributed by atoms with Gasteiger partial charge in [0.15, 0.2) is 5.78 Å². The minimum atomic E-state index is -0.625. The van der Waals surface area contributed by atoms with Crippen LogP contribution in [0.15, 0.2) is 18.2 Å². The number of rotatable bonds is 6. The van der Waals surface area contributed by atoms with Crippen molar-refractivity contribution in [2.75, 3.05) is 12.5 Å². The van der Waals surface area contributed by atoms with E-state index in [9.17, 15) is 14.0 Å². The molecule has 3 nitrogen and oxygen atoms in total. The smallest absolute Gasteiger partial charge is 0.310 e. The molecule has 0 aliphatic carbocycles. The topological polar surface area (TPSA) is 43.4 Å². The molecule has 19 heavy (non-hydrogen) atoms. The van der Waals surface area contributed by atoms with Gasteiger partial charge in [-0.25, -0.2) is 4.39 Å². The number of hydrogen-bond donors (Lipinski definition) is 0. The molecule has 0 amide bonds. The van der Waals surface area contributed by atoms with E-state index in [2.05, 4.69) is 0 Å². The SMILES string of the molecule is CCOC(=O)Cc1cccc(C(C)C(=O)CCl)c1F. The summed E-state index contributed by atoms with van der Waals surface area (Å²) < 4.78 is 19.0. The first kappa shape index (κ1) is 15.6. The summed E-state index contributed by atoms with van der Waals surface area (Å²) in [7, 11) is 0. The van der Waals surface area contributed by atoms with E-state index in [0.29, 0.717) is 0 Å². The minimum Gasteiger partial charge on any atom is -0.466 e. The number of ketones is 1. The standard InChI is InChI=1S/C14H16ClFO3/c1-3-19-13(18)7-10-5-4-6-11(14(10)16)9(2)12(17)8-15/h4-6,9H,3,7-8H2,1-2H3. The zero-order chi connectivity index (χ0) is 14.4. The van der Waals surface area contributed by atoms with Crippen LogP contribution in [0.25, 0.3) is 0 Å². The number of carbonyl (C=O) groups excluding carboxylic acids is 2. The second-order valence-electron chi connectivity index (χ2n) is 4.12. The Morgan fingerprint density at radius 3 is 2.68 bits per heavy atom. The molecule has 0 fully saturated rings. The van der Waals surface area contributed by atoms with Crippen molar-refractivity contribution in [3.63, 3.8) is 0 Å². The van der Waals surface area contributed by atoms with Crippen LogP contribution in [0.2, 0.25) is 0 Å². The van der Waals surface area contributed by atoms with Crippen LogP contribution in [0.3, 0.4) is 0 Å². The normalized spacial score (nSPS) is 12.0. The Morgan fingerprint density at radius 2 is 2.11 bits per heavy atom. The van der Waals surface area contributed by atoms with Gasteiger partial charge in [-0.2, -0.15) is 0 Å². The quantitative estimate of drug-likeness (QED) is 0.596. The van der Waals surface area contributed by atoms with Gasteiger partial charge >= 0.3 is 5.97 Å². The van der Waals surface area contributed by atoms with E-state index in [1.165, 1.54) is 12.1 Å². The first-order valence-electron chi connectivity index (χ1n) is 6.02. The summed E-state index contributed by atoms with van der Waals surface area (Å²) in [4.78, 5) is 22.9. The van der Waals surface area contributed by atoms with Crippen molar-refractivity contribution >= 4 is 23.4 Å². The first-order chi connectivity index (χ1) is 9.01. The Morgan fingerprint density at radius 1 is 1.42 bits per heavy atom. The van der Waals surface area contributed by atoms with Gasteiger partial charge in [0.25, 0.3) is 0 Å². The molecule has 0 heterocycles. The van der Waals surface area contributed by atoms with Crippen molar-refractivity contribution in [3.05, 3.63) is 35.1 Å². The summed E-state index contributed by atoms with van der Waals surface area (Å²) in [6.45, 7) is 3.53. The fourth-order valence-corrected chi connectivity index (χ4v) is 1.96. The molecule has 0 saturated carbocycles. The molecule has 0 saturated heterocycles. The number of halogens is 2. The van der Waals surface area contributed by atoms with E-state index in [-0.39, 0.29) is 35.8 Å². The summed E-state index contributed by atoms with van der Waals surface area (Å²) in [6, 6.07) is 4.65. The van der Waals surface area contributed by atoms with Crippen molar-refractivity contribution in [3.8, 4) is 0 Å². The molecule has 1 aromatic rings. The number of hydrogen-bond acceptors (Lipinski definition) is 3. The highest BCUT2D eigenvalue weighted by Gasteiger charge is 2.20. The van der Waals surface area contributed by atoms with Crippen LogP contribution in [0, 0.1) is 5.82 Å². The van der Waals surface area contributed by atoms with E-state index in [0.717, 1.165) is 0 Å². The Labute approximate surface area is 116 Å². The van der Waals surface area contributed by atoms with Crippen molar-refractivity contribution in [1.82, 2.24) is 0 Å². The summed E-state index contributed by atoms with van der Waals surface area (Å²) in [5.41, 5.74) is 0.484. The Bertz CT molecular complexity index is 474. The lowest BCUT2D eigenvalue weighted by molar-refractivity contribution is -0.142. The molecule has 0 radical (unpaired) electrons. The van der Waals surface area contributed by atoms with E-state index < -0.39 is 17.7 Å². The lowest BCUT2D eigenvalue weighted by Gasteiger charge is -2.12. The van der Waals surface area contributed by atoms with Gasteiger partial charge in [-0.15, -0.1) is 11.6 Å². The molecule has 0 bridgehead atoms. The van der Waals surface area contributed by atoms with Gasteiger partial charge in [0.1, 0.15) is 5.82 Å². The predicted octanol–water partition coefficient (Wildman–Crippen LogP) is 2.84. The monoisotopic (exact) mass is 286 g/mol. The summed E-state index contributed by atoms with van der Waals surface area (Å²) in [5.74, 6) is -2.08. The van der Waals surface area contributed by atoms with Gasteiger partial charge in [-0.05, 0) is 18.1 Å². The third-order valence-corrected chi connectivity index (χ3v) is 3.09. The fraction of sp³-hybridized carbons (Fsp3) is 0.429. The molecule has 5 heteroatoms. The lowest BCUT2D eigenvalue weighted by atomic mass is 9.94. The van der Waals surface area contributed by atoms with Crippen LogP contribution in [0.4, 0.5) is 4.39 Å². The van der Waals surface area contributed by atoms with Crippen molar-refractivity contribution in [1.29, 1.82) is 0 Å². The van der Waals surface area contributed by atoms with Crippen LogP contribution in [0.1, 0.15) is 30.9 Å². The average Bonchev–Trinajstić information content (AvgIpc) is 2.39. The van der Waals surface area contributed by atoms with Crippen molar-refractivity contribution < 1.29 is 18.7 Å². The zero-order valence-corrected chi connectivity index (χ0v) is 11.7. The summed E-state index contributed by atoms with van der Waals surface area (Å²) >= 11 is 5.47. The van der Waals surface area contributed by atoms with E-state index >= 15 is 0 Å². The molecular formula is C14H16ClFO3. The maximum absolute atomic E-state index is 14.2. The lowest BCUT2D eigenvalue weighted by Crippen LogP contribution is -2.14. The van der Waals surface area contributed by atoms with Crippen LogP contribution in [-0.2, 0) is 20.7 Å². The summed E-state index contributed by atoms with van der Waals surface area (Å²) in [6.07, 6.45) is -0.144. The molecular weight excluding hydrogens is 271 g/mol. The largest absolute Gasteiger partial charge is 0.466 e. The molecule has 0 spiro atoms. The number of Topliss-reactive ketones (excluding diaryl/α,β-unsaturated/α-hetero) is 1. The average molecular weight is 287 g/mol. The highest BCUT2D eigenvalue weighted by Crippen LogP contribution is 2.23. The third-order valence-electron chi connectivity index (χ3n) is 2.83. The van der Waals surface area contributed by atoms with Crippen LogP contribution in [0.5, 0.6) is 0 Å². The van der Waals surface area contributed by atoms with Crippen molar-refractivity contribution in [2.24, 2.45) is 0 Å². The highest BCUT2D eigenvalue weighted by molar-refractivity contribution is 6.28. The number of alkyl halides is 1. The minimum absolute atomic E-state index is 0.144. The molecule has 0 aliphatic heterocycles. The van der Waals surface area contributed by atoms with Gasteiger partial charge in [0.2, 0.25) is 0 Å². The zero-order valence-electron chi connectivity index (χ0n) is 10.9. The fourth-order valence-electron chi connectivity index (χ4n) is 1.73. The molecule has 104 valence electrons. The Kier molecular flexibility index (Phi) is 5.96. The van der Waals surface area contributed by atoms with Gasteiger partial charge in [0.05, 0.1) is 18.9 Å². The Balaban J connectivity index is 2.98. The summed E-state index contributed by atoms with van der Waals surface area (Å²) in [5, 5.41) is 0. The second kappa shape index (κ2) is 7.24. The molecule has 0 aromatic heterocycles. The maximum atomic E-state index is 14.2. The van der Waals surface area contributed by atoms with Crippen molar-refractivity contribution in [2.45, 2.75) is 26.2 Å². The van der Waals surface area contributed by atoms with Crippen LogP contribution < -0.4 is 0 Å². The molecule has 1 rings (SSSR count). The van der Waals surface area contributed by atoms with Gasteiger partial charge in [-0.1, -0.05) is 25.1 Å². The molecule has 1 unspecified atom stereocenters. The molecule has 1 atom stereocenters. The maximum Gasteiger partial charge on any atom is 0.310 e. The van der Waals surface area contributed by atoms with E-state index in [4.69, 9.17) is 16.3 Å². The Hall–Kier alpha value is -1.42. The van der Waals surface area contributed by atoms with Gasteiger partial charge < -0.3 is 4.74 Å². The second-order valence-corrected chi connectivity index (χ2v) is 4.39.